The molecule has 2 rings (SSSR count). The van der Waals surface area contributed by atoms with Gasteiger partial charge in [-0.3, -0.25) is 4.79 Å². The zero-order valence-electron chi connectivity index (χ0n) is 11.1. The van der Waals surface area contributed by atoms with Gasteiger partial charge in [0.15, 0.2) is 0 Å². The Morgan fingerprint density at radius 1 is 1.41 bits per heavy atom. The summed E-state index contributed by atoms with van der Waals surface area (Å²) in [5.74, 6) is 0.0460. The fourth-order valence-electron chi connectivity index (χ4n) is 1.67. The molecule has 0 aromatic heterocycles. The molecule has 1 saturated heterocycles. The lowest BCUT2D eigenvalue weighted by molar-refractivity contribution is -0.297. The number of carboxylic acid groups (broad SMARTS) is 1. The SMILES string of the molecule is O=C(C1CC(Br)=NO1)N1CCNCC1.O=C(O)OC(F)(F)F. The highest BCUT2D eigenvalue weighted by molar-refractivity contribution is 9.18. The lowest BCUT2D eigenvalue weighted by Crippen LogP contribution is -2.49. The molecule has 2 heterocycles. The summed E-state index contributed by atoms with van der Waals surface area (Å²) in [6.45, 7) is 3.24. The van der Waals surface area contributed by atoms with Gasteiger partial charge in [0, 0.05) is 32.6 Å². The highest BCUT2D eigenvalue weighted by atomic mass is 79.9. The molecule has 0 aromatic rings. The normalized spacial score (nSPS) is 21.2. The predicted molar refractivity (Wildman–Crippen MR) is 70.5 cm³/mol. The number of alkyl halides is 3. The number of ether oxygens (including phenoxy) is 1. The van der Waals surface area contributed by atoms with Crippen molar-refractivity contribution in [2.75, 3.05) is 26.2 Å². The monoisotopic (exact) mass is 391 g/mol. The van der Waals surface area contributed by atoms with E-state index in [0.29, 0.717) is 11.0 Å². The number of hydrogen-bond donors (Lipinski definition) is 2. The Balaban J connectivity index is 0.000000261. The van der Waals surface area contributed by atoms with Crippen LogP contribution in [0.1, 0.15) is 6.42 Å². The van der Waals surface area contributed by atoms with Crippen LogP contribution in [0.15, 0.2) is 5.16 Å². The Bertz CT molecular complexity index is 436. The van der Waals surface area contributed by atoms with Crippen molar-refractivity contribution >= 4 is 32.6 Å². The Kier molecular flexibility index (Phi) is 6.87. The van der Waals surface area contributed by atoms with Gasteiger partial charge in [-0.2, -0.15) is 0 Å². The molecule has 0 bridgehead atoms. The van der Waals surface area contributed by atoms with E-state index in [4.69, 9.17) is 14.7 Å². The first-order valence-corrected chi connectivity index (χ1v) is 6.84. The van der Waals surface area contributed by atoms with Crippen LogP contribution >= 0.6 is 15.9 Å². The van der Waals surface area contributed by atoms with Gasteiger partial charge in [0.1, 0.15) is 4.62 Å². The summed E-state index contributed by atoms with van der Waals surface area (Å²) in [4.78, 5) is 27.7. The number of halogens is 4. The topological polar surface area (TPSA) is 100 Å². The lowest BCUT2D eigenvalue weighted by Gasteiger charge is -2.28. The molecule has 12 heteroatoms. The third-order valence-corrected chi connectivity index (χ3v) is 3.01. The summed E-state index contributed by atoms with van der Waals surface area (Å²) in [7, 11) is 0. The number of oxime groups is 1. The first-order valence-electron chi connectivity index (χ1n) is 6.05. The van der Waals surface area contributed by atoms with E-state index in [1.54, 1.807) is 0 Å². The van der Waals surface area contributed by atoms with Crippen molar-refractivity contribution in [3.63, 3.8) is 0 Å². The summed E-state index contributed by atoms with van der Waals surface area (Å²) in [6, 6.07) is 0. The molecular formula is C10H13BrF3N3O5. The van der Waals surface area contributed by atoms with Crippen molar-refractivity contribution in [1.82, 2.24) is 10.2 Å². The van der Waals surface area contributed by atoms with E-state index in [1.807, 2.05) is 4.90 Å². The molecule has 8 nitrogen and oxygen atoms in total. The van der Waals surface area contributed by atoms with E-state index in [2.05, 4.69) is 31.1 Å². The number of nitrogens with zero attached hydrogens (tertiary/aromatic N) is 2. The molecule has 0 aromatic carbocycles. The van der Waals surface area contributed by atoms with E-state index >= 15 is 0 Å². The minimum Gasteiger partial charge on any atom is -0.450 e. The van der Waals surface area contributed by atoms with Crippen LogP contribution in [0.25, 0.3) is 0 Å². The third kappa shape index (κ3) is 6.93. The van der Waals surface area contributed by atoms with Crippen molar-refractivity contribution in [2.45, 2.75) is 18.9 Å². The van der Waals surface area contributed by atoms with Crippen LogP contribution in [0.2, 0.25) is 0 Å². The summed E-state index contributed by atoms with van der Waals surface area (Å²) in [5, 5.41) is 14.2. The van der Waals surface area contributed by atoms with Gasteiger partial charge in [-0.05, 0) is 15.9 Å². The van der Waals surface area contributed by atoms with Gasteiger partial charge < -0.3 is 24.9 Å². The fourth-order valence-corrected chi connectivity index (χ4v) is 2.05. The molecule has 0 radical (unpaired) electrons. The van der Waals surface area contributed by atoms with Crippen molar-refractivity contribution < 1.29 is 37.4 Å². The van der Waals surface area contributed by atoms with Crippen LogP contribution in [-0.2, 0) is 14.4 Å². The summed E-state index contributed by atoms with van der Waals surface area (Å²) >= 11 is 3.21. The van der Waals surface area contributed by atoms with Gasteiger partial charge in [-0.15, -0.1) is 13.2 Å². The first-order chi connectivity index (χ1) is 10.2. The average Bonchev–Trinajstić information content (AvgIpc) is 2.83. The minimum atomic E-state index is -5.08. The third-order valence-electron chi connectivity index (χ3n) is 2.54. The van der Waals surface area contributed by atoms with Crippen molar-refractivity contribution in [3.05, 3.63) is 0 Å². The Hall–Kier alpha value is -1.56. The standard InChI is InChI=1S/C8H12BrN3O2.C2HF3O3/c9-7-5-6(14-11-7)8(13)12-3-1-10-2-4-12;3-2(4,5)8-1(6)7/h6,10H,1-5H2;(H,6,7). The Morgan fingerprint density at radius 3 is 2.36 bits per heavy atom. The van der Waals surface area contributed by atoms with Crippen LogP contribution in [0, 0.1) is 0 Å². The number of hydrogen-bond acceptors (Lipinski definition) is 6. The van der Waals surface area contributed by atoms with Crippen LogP contribution in [0.4, 0.5) is 18.0 Å². The van der Waals surface area contributed by atoms with E-state index in [1.165, 1.54) is 0 Å². The molecule has 2 aliphatic heterocycles. The summed E-state index contributed by atoms with van der Waals surface area (Å²) in [6.07, 6.45) is -7.28. The molecule has 0 saturated carbocycles. The number of piperazine rings is 1. The van der Waals surface area contributed by atoms with Crippen LogP contribution in [0.3, 0.4) is 0 Å². The minimum absolute atomic E-state index is 0.0460. The largest absolute Gasteiger partial charge is 0.577 e. The maximum Gasteiger partial charge on any atom is 0.577 e. The van der Waals surface area contributed by atoms with Gasteiger partial charge in [0.05, 0.1) is 0 Å². The molecule has 2 aliphatic rings. The van der Waals surface area contributed by atoms with Gasteiger partial charge >= 0.3 is 12.5 Å². The molecule has 0 aliphatic carbocycles. The first kappa shape index (κ1) is 18.5. The fraction of sp³-hybridized carbons (Fsp3) is 0.700. The molecule has 2 N–H and O–H groups in total. The highest BCUT2D eigenvalue weighted by Crippen LogP contribution is 2.17. The smallest absolute Gasteiger partial charge is 0.450 e. The molecule has 1 unspecified atom stereocenters. The van der Waals surface area contributed by atoms with Crippen LogP contribution < -0.4 is 5.32 Å². The molecule has 0 spiro atoms. The number of amides is 1. The van der Waals surface area contributed by atoms with E-state index in [-0.39, 0.29) is 5.91 Å². The van der Waals surface area contributed by atoms with Crippen LogP contribution in [-0.4, -0.2) is 65.3 Å². The maximum atomic E-state index is 11.8. The van der Waals surface area contributed by atoms with E-state index in [0.717, 1.165) is 26.2 Å². The quantitative estimate of drug-likeness (QED) is 0.649. The molecule has 1 fully saturated rings. The van der Waals surface area contributed by atoms with Gasteiger partial charge in [-0.25, -0.2) is 4.79 Å². The van der Waals surface area contributed by atoms with Crippen molar-refractivity contribution in [1.29, 1.82) is 0 Å². The number of carbonyl (C=O) groups excluding carboxylic acids is 1. The molecule has 1 amide bonds. The maximum absolute atomic E-state index is 11.8. The number of rotatable bonds is 1. The second-order valence-corrected chi connectivity index (χ2v) is 5.07. The molecular weight excluding hydrogens is 379 g/mol. The molecule has 1 atom stereocenters. The Morgan fingerprint density at radius 2 is 2.00 bits per heavy atom. The summed E-state index contributed by atoms with van der Waals surface area (Å²) < 4.78 is 35.2. The van der Waals surface area contributed by atoms with Crippen LogP contribution in [0.5, 0.6) is 0 Å². The Labute approximate surface area is 131 Å². The van der Waals surface area contributed by atoms with Gasteiger partial charge in [0.2, 0.25) is 6.10 Å². The number of nitrogens with one attached hydrogen (secondary N) is 1. The second kappa shape index (κ2) is 8.17. The van der Waals surface area contributed by atoms with E-state index < -0.39 is 18.6 Å². The van der Waals surface area contributed by atoms with Crippen molar-refractivity contribution in [3.8, 4) is 0 Å². The lowest BCUT2D eigenvalue weighted by atomic mass is 10.2. The predicted octanol–water partition coefficient (Wildman–Crippen LogP) is 1.12. The van der Waals surface area contributed by atoms with Gasteiger partial charge in [-0.1, -0.05) is 5.16 Å². The molecule has 22 heavy (non-hydrogen) atoms. The number of carbonyl (C=O) groups is 2. The zero-order valence-corrected chi connectivity index (χ0v) is 12.7. The summed E-state index contributed by atoms with van der Waals surface area (Å²) in [5.41, 5.74) is 0. The molecule has 126 valence electrons. The van der Waals surface area contributed by atoms with E-state index in [9.17, 15) is 18.0 Å². The second-order valence-electron chi connectivity index (χ2n) is 4.15. The van der Waals surface area contributed by atoms with Gasteiger partial charge in [0.25, 0.3) is 5.91 Å². The van der Waals surface area contributed by atoms with Crippen molar-refractivity contribution in [2.24, 2.45) is 5.16 Å². The average molecular weight is 392 g/mol. The zero-order chi connectivity index (χ0) is 16.8. The highest BCUT2D eigenvalue weighted by Gasteiger charge is 2.33.